The lowest BCUT2D eigenvalue weighted by Crippen LogP contribution is -2.26. The molecule has 20 heavy (non-hydrogen) atoms. The number of imidazole rings is 1. The Kier molecular flexibility index (Phi) is 2.18. The molecule has 0 N–H and O–H groups in total. The van der Waals surface area contributed by atoms with E-state index in [0.29, 0.717) is 0 Å². The fourth-order valence-electron chi connectivity index (χ4n) is 3.50. The third-order valence-corrected chi connectivity index (χ3v) is 4.45. The van der Waals surface area contributed by atoms with Gasteiger partial charge in [0.15, 0.2) is 0 Å². The summed E-state index contributed by atoms with van der Waals surface area (Å²) >= 11 is 0. The molecule has 1 aromatic carbocycles. The summed E-state index contributed by atoms with van der Waals surface area (Å²) in [6.07, 6.45) is 1.03. The topological polar surface area (TPSA) is 17.3 Å². The zero-order chi connectivity index (χ0) is 13.9. The van der Waals surface area contributed by atoms with Crippen LogP contribution >= 0.6 is 0 Å². The van der Waals surface area contributed by atoms with Crippen LogP contribution in [0.3, 0.4) is 0 Å². The van der Waals surface area contributed by atoms with Gasteiger partial charge < -0.3 is 4.40 Å². The number of hydrogen-bond donors (Lipinski definition) is 0. The summed E-state index contributed by atoms with van der Waals surface area (Å²) in [5.41, 5.74) is 7.68. The van der Waals surface area contributed by atoms with E-state index in [0.717, 1.165) is 17.8 Å². The maximum Gasteiger partial charge on any atom is 0.137 e. The Morgan fingerprint density at radius 2 is 1.85 bits per heavy atom. The molecule has 100 valence electrons. The first-order valence-electron chi connectivity index (χ1n) is 7.15. The van der Waals surface area contributed by atoms with Crippen LogP contribution in [0.1, 0.15) is 30.8 Å². The summed E-state index contributed by atoms with van der Waals surface area (Å²) in [7, 11) is 0. The second-order valence-corrected chi connectivity index (χ2v) is 6.37. The maximum absolute atomic E-state index is 4.88. The molecule has 0 saturated heterocycles. The molecule has 4 rings (SSSR count). The molecule has 3 aromatic rings. The fourth-order valence-corrected chi connectivity index (χ4v) is 3.50. The summed E-state index contributed by atoms with van der Waals surface area (Å²) in [6.45, 7) is 6.81. The molecule has 1 aliphatic rings. The van der Waals surface area contributed by atoms with Crippen molar-refractivity contribution in [1.29, 1.82) is 0 Å². The molecule has 2 nitrogen and oxygen atoms in total. The van der Waals surface area contributed by atoms with Gasteiger partial charge in [-0.2, -0.15) is 0 Å². The van der Waals surface area contributed by atoms with Gasteiger partial charge >= 0.3 is 0 Å². The van der Waals surface area contributed by atoms with Crippen LogP contribution in [0.4, 0.5) is 0 Å². The molecule has 2 aromatic heterocycles. The van der Waals surface area contributed by atoms with Crippen LogP contribution in [-0.4, -0.2) is 9.38 Å². The number of hydrogen-bond acceptors (Lipinski definition) is 1. The third kappa shape index (κ3) is 1.42. The highest BCUT2D eigenvalue weighted by atomic mass is 15.0. The van der Waals surface area contributed by atoms with E-state index in [1.807, 2.05) is 0 Å². The van der Waals surface area contributed by atoms with Crippen molar-refractivity contribution in [3.05, 3.63) is 59.4 Å². The van der Waals surface area contributed by atoms with Crippen molar-refractivity contribution in [2.45, 2.75) is 32.6 Å². The SMILES string of the molecule is Cc1cccc2nc3c(n12)CC(C)(C)c1ccccc1-3. The monoisotopic (exact) mass is 262 g/mol. The van der Waals surface area contributed by atoms with Crippen molar-refractivity contribution in [3.63, 3.8) is 0 Å². The minimum Gasteiger partial charge on any atom is -0.301 e. The lowest BCUT2D eigenvalue weighted by molar-refractivity contribution is 0.507. The van der Waals surface area contributed by atoms with Gasteiger partial charge in [0.1, 0.15) is 5.65 Å². The zero-order valence-corrected chi connectivity index (χ0v) is 12.1. The number of pyridine rings is 1. The highest BCUT2D eigenvalue weighted by Crippen LogP contribution is 2.42. The van der Waals surface area contributed by atoms with Gasteiger partial charge in [0.2, 0.25) is 0 Å². The van der Waals surface area contributed by atoms with E-state index >= 15 is 0 Å². The van der Waals surface area contributed by atoms with Crippen LogP contribution in [-0.2, 0) is 11.8 Å². The van der Waals surface area contributed by atoms with Crippen molar-refractivity contribution in [2.75, 3.05) is 0 Å². The van der Waals surface area contributed by atoms with E-state index in [9.17, 15) is 0 Å². The number of rotatable bonds is 0. The van der Waals surface area contributed by atoms with Gasteiger partial charge in [-0.1, -0.05) is 44.2 Å². The molecule has 1 aliphatic carbocycles. The van der Waals surface area contributed by atoms with Crippen LogP contribution in [0.15, 0.2) is 42.5 Å². The van der Waals surface area contributed by atoms with Crippen molar-refractivity contribution >= 4 is 5.65 Å². The van der Waals surface area contributed by atoms with Crippen molar-refractivity contribution in [1.82, 2.24) is 9.38 Å². The molecule has 0 fully saturated rings. The Morgan fingerprint density at radius 1 is 1.05 bits per heavy atom. The van der Waals surface area contributed by atoms with Gasteiger partial charge in [-0.25, -0.2) is 4.98 Å². The van der Waals surface area contributed by atoms with E-state index in [4.69, 9.17) is 4.98 Å². The van der Waals surface area contributed by atoms with Crippen LogP contribution in [0.5, 0.6) is 0 Å². The lowest BCUT2D eigenvalue weighted by atomic mass is 9.73. The van der Waals surface area contributed by atoms with E-state index < -0.39 is 0 Å². The molecule has 0 atom stereocenters. The van der Waals surface area contributed by atoms with E-state index in [1.54, 1.807) is 0 Å². The van der Waals surface area contributed by atoms with Gasteiger partial charge in [-0.15, -0.1) is 0 Å². The quantitative estimate of drug-likeness (QED) is 0.595. The normalized spacial score (nSPS) is 15.9. The molecule has 2 heteroatoms. The first-order valence-corrected chi connectivity index (χ1v) is 7.15. The number of fused-ring (bicyclic) bond motifs is 5. The van der Waals surface area contributed by atoms with Crippen molar-refractivity contribution < 1.29 is 0 Å². The Morgan fingerprint density at radius 3 is 2.70 bits per heavy atom. The van der Waals surface area contributed by atoms with E-state index in [2.05, 4.69) is 67.6 Å². The maximum atomic E-state index is 4.88. The average Bonchev–Trinajstić information content (AvgIpc) is 2.78. The Hall–Kier alpha value is -2.09. The standard InChI is InChI=1S/C18H18N2/c1-12-7-6-10-16-19-17-13-8-4-5-9-14(13)18(2,3)11-15(17)20(12)16/h4-10H,11H2,1-3H3. The largest absolute Gasteiger partial charge is 0.301 e. The van der Waals surface area contributed by atoms with Crippen LogP contribution < -0.4 is 0 Å². The van der Waals surface area contributed by atoms with Crippen molar-refractivity contribution in [3.8, 4) is 11.3 Å². The second-order valence-electron chi connectivity index (χ2n) is 6.37. The predicted molar refractivity (Wildman–Crippen MR) is 82.1 cm³/mol. The number of aromatic nitrogens is 2. The van der Waals surface area contributed by atoms with Gasteiger partial charge in [-0.05, 0) is 36.5 Å². The third-order valence-electron chi connectivity index (χ3n) is 4.45. The lowest BCUT2D eigenvalue weighted by Gasteiger charge is -2.32. The summed E-state index contributed by atoms with van der Waals surface area (Å²) in [6, 6.07) is 15.0. The minimum absolute atomic E-state index is 0.155. The first kappa shape index (κ1) is 11.7. The molecule has 0 bridgehead atoms. The molecule has 0 saturated carbocycles. The Bertz CT molecular complexity index is 825. The minimum atomic E-state index is 0.155. The zero-order valence-electron chi connectivity index (χ0n) is 12.1. The predicted octanol–water partition coefficient (Wildman–Crippen LogP) is 4.14. The van der Waals surface area contributed by atoms with Crippen LogP contribution in [0.25, 0.3) is 16.9 Å². The van der Waals surface area contributed by atoms with Gasteiger partial charge in [0.25, 0.3) is 0 Å². The van der Waals surface area contributed by atoms with Gasteiger partial charge in [-0.3, -0.25) is 0 Å². The molecule has 0 spiro atoms. The van der Waals surface area contributed by atoms with Crippen molar-refractivity contribution in [2.24, 2.45) is 0 Å². The highest BCUT2D eigenvalue weighted by Gasteiger charge is 2.33. The average molecular weight is 262 g/mol. The van der Waals surface area contributed by atoms with Gasteiger partial charge in [0, 0.05) is 11.3 Å². The highest BCUT2D eigenvalue weighted by molar-refractivity contribution is 5.74. The molecule has 2 heterocycles. The summed E-state index contributed by atoms with van der Waals surface area (Å²) in [5, 5.41) is 0. The van der Waals surface area contributed by atoms with Crippen LogP contribution in [0.2, 0.25) is 0 Å². The molecule has 0 aliphatic heterocycles. The molecular weight excluding hydrogens is 244 g/mol. The Balaban J connectivity index is 2.14. The second kappa shape index (κ2) is 3.72. The summed E-state index contributed by atoms with van der Waals surface area (Å²) in [4.78, 5) is 4.88. The molecule has 0 unspecified atom stereocenters. The number of benzene rings is 1. The molecule has 0 amide bonds. The first-order chi connectivity index (χ1) is 9.58. The molecular formula is C18H18N2. The fraction of sp³-hybridized carbons (Fsp3) is 0.278. The van der Waals surface area contributed by atoms with Crippen LogP contribution in [0, 0.1) is 6.92 Å². The summed E-state index contributed by atoms with van der Waals surface area (Å²) in [5.74, 6) is 0. The van der Waals surface area contributed by atoms with Gasteiger partial charge in [0.05, 0.1) is 11.4 Å². The number of nitrogens with zero attached hydrogens (tertiary/aromatic N) is 2. The molecule has 0 radical (unpaired) electrons. The number of aryl methyl sites for hydroxylation is 1. The van der Waals surface area contributed by atoms with E-state index in [1.165, 1.54) is 22.5 Å². The Labute approximate surface area is 119 Å². The van der Waals surface area contributed by atoms with E-state index in [-0.39, 0.29) is 5.41 Å². The summed E-state index contributed by atoms with van der Waals surface area (Å²) < 4.78 is 2.31. The smallest absolute Gasteiger partial charge is 0.137 e.